The first-order chi connectivity index (χ1) is 15.6. The summed E-state index contributed by atoms with van der Waals surface area (Å²) in [5.41, 5.74) is 1.91. The molecule has 4 aromatic rings. The Balaban J connectivity index is 1.27. The Bertz CT molecular complexity index is 1230. The highest BCUT2D eigenvalue weighted by Gasteiger charge is 2.25. The van der Waals surface area contributed by atoms with Gasteiger partial charge in [-0.2, -0.15) is 5.10 Å². The number of imidazole rings is 1. The van der Waals surface area contributed by atoms with Gasteiger partial charge in [0.05, 0.1) is 5.69 Å². The highest BCUT2D eigenvalue weighted by Crippen LogP contribution is 2.21. The Morgan fingerprint density at radius 1 is 1.00 bits per heavy atom. The van der Waals surface area contributed by atoms with E-state index in [-0.39, 0.29) is 11.7 Å². The number of nitrogens with zero attached hydrogens (tertiary/aromatic N) is 8. The van der Waals surface area contributed by atoms with E-state index in [4.69, 9.17) is 0 Å². The lowest BCUT2D eigenvalue weighted by atomic mass is 10.1. The van der Waals surface area contributed by atoms with E-state index in [2.05, 4.69) is 25.0 Å². The van der Waals surface area contributed by atoms with Crippen LogP contribution in [0.25, 0.3) is 17.1 Å². The lowest BCUT2D eigenvalue weighted by Gasteiger charge is -2.35. The number of carbonyl (C=O) groups is 1. The summed E-state index contributed by atoms with van der Waals surface area (Å²) < 4.78 is 16.6. The minimum absolute atomic E-state index is 0.0743. The lowest BCUT2D eigenvalue weighted by Crippen LogP contribution is -2.49. The van der Waals surface area contributed by atoms with Crippen molar-refractivity contribution >= 4 is 11.7 Å². The SMILES string of the molecule is Cn1nc(-c2ccc(F)cc2)cc1C(=O)N1CCN(c2cc(-n3ccnc3)ncn2)CC1. The van der Waals surface area contributed by atoms with Crippen molar-refractivity contribution in [3.05, 3.63) is 73.0 Å². The van der Waals surface area contributed by atoms with Crippen LogP contribution >= 0.6 is 0 Å². The quantitative estimate of drug-likeness (QED) is 0.491. The van der Waals surface area contributed by atoms with Gasteiger partial charge < -0.3 is 9.80 Å². The molecule has 32 heavy (non-hydrogen) atoms. The second-order valence-electron chi connectivity index (χ2n) is 7.53. The van der Waals surface area contributed by atoms with Crippen LogP contribution in [-0.2, 0) is 7.05 Å². The van der Waals surface area contributed by atoms with Crippen LogP contribution in [0.15, 0.2) is 61.4 Å². The molecule has 162 valence electrons. The van der Waals surface area contributed by atoms with Crippen molar-refractivity contribution in [3.8, 4) is 17.1 Å². The van der Waals surface area contributed by atoms with Gasteiger partial charge in [-0.25, -0.2) is 19.3 Å². The Morgan fingerprint density at radius 3 is 2.47 bits per heavy atom. The number of piperazine rings is 1. The molecule has 0 atom stereocenters. The fourth-order valence-corrected chi connectivity index (χ4v) is 3.78. The molecule has 0 unspecified atom stereocenters. The van der Waals surface area contributed by atoms with Crippen LogP contribution in [0.3, 0.4) is 0 Å². The first-order valence-electron chi connectivity index (χ1n) is 10.2. The summed E-state index contributed by atoms with van der Waals surface area (Å²) in [4.78, 5) is 29.8. The molecule has 1 amide bonds. The highest BCUT2D eigenvalue weighted by atomic mass is 19.1. The fraction of sp³-hybridized carbons (Fsp3) is 0.227. The van der Waals surface area contributed by atoms with Crippen molar-refractivity contribution in [1.29, 1.82) is 0 Å². The highest BCUT2D eigenvalue weighted by molar-refractivity contribution is 5.94. The van der Waals surface area contributed by atoms with Crippen molar-refractivity contribution in [2.24, 2.45) is 7.05 Å². The summed E-state index contributed by atoms with van der Waals surface area (Å²) in [6.07, 6.45) is 6.76. The molecule has 9 nitrogen and oxygen atoms in total. The Hall–Kier alpha value is -4.08. The molecule has 3 aromatic heterocycles. The molecule has 5 rings (SSSR count). The second-order valence-corrected chi connectivity index (χ2v) is 7.53. The van der Waals surface area contributed by atoms with E-state index in [1.807, 2.05) is 21.7 Å². The second kappa shape index (κ2) is 8.22. The molecule has 0 saturated carbocycles. The van der Waals surface area contributed by atoms with Crippen LogP contribution in [0.4, 0.5) is 10.2 Å². The molecule has 1 aliphatic heterocycles. The third-order valence-electron chi connectivity index (χ3n) is 5.54. The fourth-order valence-electron chi connectivity index (χ4n) is 3.78. The van der Waals surface area contributed by atoms with Crippen LogP contribution < -0.4 is 4.90 Å². The zero-order valence-electron chi connectivity index (χ0n) is 17.5. The number of aryl methyl sites for hydroxylation is 1. The number of carbonyl (C=O) groups excluding carboxylic acids is 1. The van der Waals surface area contributed by atoms with Crippen LogP contribution in [-0.4, -0.2) is 66.3 Å². The summed E-state index contributed by atoms with van der Waals surface area (Å²) in [5.74, 6) is 1.18. The predicted octanol–water partition coefficient (Wildman–Crippen LogP) is 2.16. The van der Waals surface area contributed by atoms with Crippen molar-refractivity contribution in [1.82, 2.24) is 34.2 Å². The van der Waals surface area contributed by atoms with Gasteiger partial charge in [-0.15, -0.1) is 0 Å². The van der Waals surface area contributed by atoms with Gasteiger partial charge in [-0.1, -0.05) is 0 Å². The number of rotatable bonds is 4. The number of hydrogen-bond donors (Lipinski definition) is 0. The summed E-state index contributed by atoms with van der Waals surface area (Å²) in [6, 6.07) is 9.75. The maximum absolute atomic E-state index is 13.2. The largest absolute Gasteiger partial charge is 0.353 e. The third kappa shape index (κ3) is 3.82. The van der Waals surface area contributed by atoms with Crippen molar-refractivity contribution in [2.75, 3.05) is 31.1 Å². The van der Waals surface area contributed by atoms with Crippen molar-refractivity contribution < 1.29 is 9.18 Å². The molecule has 0 spiro atoms. The summed E-state index contributed by atoms with van der Waals surface area (Å²) >= 11 is 0. The number of benzene rings is 1. The van der Waals surface area contributed by atoms with E-state index in [1.54, 1.807) is 42.5 Å². The predicted molar refractivity (Wildman–Crippen MR) is 116 cm³/mol. The molecule has 4 heterocycles. The van der Waals surface area contributed by atoms with Gasteiger partial charge >= 0.3 is 0 Å². The smallest absolute Gasteiger partial charge is 0.272 e. The molecule has 0 radical (unpaired) electrons. The molecule has 0 N–H and O–H groups in total. The average Bonchev–Trinajstić information content (AvgIpc) is 3.50. The van der Waals surface area contributed by atoms with Gasteiger partial charge in [0.1, 0.15) is 35.8 Å². The number of hydrogen-bond acceptors (Lipinski definition) is 6. The molecule has 10 heteroatoms. The first kappa shape index (κ1) is 19.9. The molecule has 1 aromatic carbocycles. The van der Waals surface area contributed by atoms with Crippen LogP contribution in [0.5, 0.6) is 0 Å². The Kier molecular flexibility index (Phi) is 5.10. The maximum atomic E-state index is 13.2. The van der Waals surface area contributed by atoms with Gasteiger partial charge in [0.2, 0.25) is 0 Å². The molecular weight excluding hydrogens is 411 g/mol. The van der Waals surface area contributed by atoms with Crippen LogP contribution in [0.1, 0.15) is 10.5 Å². The molecule has 1 fully saturated rings. The Labute approximate surface area is 183 Å². The normalized spacial score (nSPS) is 14.1. The molecule has 1 saturated heterocycles. The third-order valence-corrected chi connectivity index (χ3v) is 5.54. The summed E-state index contributed by atoms with van der Waals surface area (Å²) in [5, 5.41) is 4.43. The minimum atomic E-state index is -0.306. The van der Waals surface area contributed by atoms with E-state index in [1.165, 1.54) is 18.5 Å². The van der Waals surface area contributed by atoms with Gasteiger partial charge in [0.25, 0.3) is 5.91 Å². The maximum Gasteiger partial charge on any atom is 0.272 e. The number of halogens is 1. The zero-order chi connectivity index (χ0) is 22.1. The van der Waals surface area contributed by atoms with Crippen LogP contribution in [0.2, 0.25) is 0 Å². The minimum Gasteiger partial charge on any atom is -0.353 e. The summed E-state index contributed by atoms with van der Waals surface area (Å²) in [6.45, 7) is 2.46. The van der Waals surface area contributed by atoms with Crippen LogP contribution in [0, 0.1) is 5.82 Å². The Morgan fingerprint density at radius 2 is 1.75 bits per heavy atom. The number of amides is 1. The molecule has 0 bridgehead atoms. The molecule has 0 aliphatic carbocycles. The van der Waals surface area contributed by atoms with E-state index in [9.17, 15) is 9.18 Å². The van der Waals surface area contributed by atoms with Crippen molar-refractivity contribution in [2.45, 2.75) is 0 Å². The zero-order valence-corrected chi connectivity index (χ0v) is 17.5. The lowest BCUT2D eigenvalue weighted by molar-refractivity contribution is 0.0735. The average molecular weight is 432 g/mol. The van der Waals surface area contributed by atoms with E-state index >= 15 is 0 Å². The van der Waals surface area contributed by atoms with Gasteiger partial charge in [-0.3, -0.25) is 14.0 Å². The molecule has 1 aliphatic rings. The topological polar surface area (TPSA) is 85.0 Å². The number of aromatic nitrogens is 6. The van der Waals surface area contributed by atoms with Gasteiger partial charge in [0.15, 0.2) is 0 Å². The molecular formula is C22H21FN8O. The van der Waals surface area contributed by atoms with E-state index < -0.39 is 0 Å². The van der Waals surface area contributed by atoms with Crippen molar-refractivity contribution in [3.63, 3.8) is 0 Å². The van der Waals surface area contributed by atoms with E-state index in [0.717, 1.165) is 17.2 Å². The van der Waals surface area contributed by atoms with Gasteiger partial charge in [-0.05, 0) is 30.3 Å². The van der Waals surface area contributed by atoms with E-state index in [0.29, 0.717) is 37.6 Å². The first-order valence-corrected chi connectivity index (χ1v) is 10.2. The van der Waals surface area contributed by atoms with Gasteiger partial charge in [0, 0.05) is 57.3 Å². The summed E-state index contributed by atoms with van der Waals surface area (Å²) in [7, 11) is 1.75. The standard InChI is InChI=1S/C22H21FN8O/c1-28-19(12-18(27-28)16-2-4-17(23)5-3-16)22(32)30-10-8-29(9-11-30)20-13-21(26-14-25-20)31-7-6-24-15-31/h2-7,12-15H,8-11H2,1H3. The monoisotopic (exact) mass is 432 g/mol. The number of anilines is 1.